The third kappa shape index (κ3) is 3.82. The van der Waals surface area contributed by atoms with Gasteiger partial charge in [0.05, 0.1) is 17.6 Å². The van der Waals surface area contributed by atoms with E-state index in [2.05, 4.69) is 12.1 Å². The topological polar surface area (TPSA) is 54.4 Å². The minimum Gasteiger partial charge on any atom is -0.393 e. The smallest absolute Gasteiger partial charge is 0.150 e. The number of hydrogen-bond acceptors (Lipinski definition) is 3. The van der Waals surface area contributed by atoms with E-state index in [1.54, 1.807) is 0 Å². The largest absolute Gasteiger partial charge is 0.393 e. The van der Waals surface area contributed by atoms with Gasteiger partial charge in [0.2, 0.25) is 0 Å². The number of rotatable bonds is 5. The predicted octanol–water partition coefficient (Wildman–Crippen LogP) is 1.80. The first-order valence-corrected chi connectivity index (χ1v) is 8.31. The Morgan fingerprint density at radius 2 is 2.00 bits per heavy atom. The fourth-order valence-corrected chi connectivity index (χ4v) is 4.39. The van der Waals surface area contributed by atoms with Gasteiger partial charge in [-0.05, 0) is 37.2 Å². The Hall–Kier alpha value is -0.870. The molecule has 0 bridgehead atoms. The molecule has 1 aliphatic rings. The van der Waals surface area contributed by atoms with Crippen LogP contribution < -0.4 is 0 Å². The van der Waals surface area contributed by atoms with Crippen molar-refractivity contribution in [1.29, 1.82) is 0 Å². The monoisotopic (exact) mass is 268 g/mol. The molecule has 1 aromatic rings. The molecule has 3 nitrogen and oxygen atoms in total. The van der Waals surface area contributed by atoms with Gasteiger partial charge in [-0.25, -0.2) is 8.42 Å². The summed E-state index contributed by atoms with van der Waals surface area (Å²) < 4.78 is 22.7. The molecule has 1 fully saturated rings. The summed E-state index contributed by atoms with van der Waals surface area (Å²) in [5.74, 6) is 0.359. The highest BCUT2D eigenvalue weighted by molar-refractivity contribution is 7.91. The minimum atomic E-state index is -2.88. The van der Waals surface area contributed by atoms with Gasteiger partial charge in [0.25, 0.3) is 0 Å². The lowest BCUT2D eigenvalue weighted by Crippen LogP contribution is -2.21. The predicted molar refractivity (Wildman–Crippen MR) is 72.1 cm³/mol. The molecule has 2 unspecified atom stereocenters. The van der Waals surface area contributed by atoms with Crippen LogP contribution in [0.25, 0.3) is 0 Å². The lowest BCUT2D eigenvalue weighted by molar-refractivity contribution is 0.109. The second-order valence-electron chi connectivity index (χ2n) is 5.11. The van der Waals surface area contributed by atoms with Gasteiger partial charge >= 0.3 is 0 Å². The van der Waals surface area contributed by atoms with Crippen LogP contribution in [0.15, 0.2) is 30.3 Å². The first-order valence-electron chi connectivity index (χ1n) is 6.49. The van der Waals surface area contributed by atoms with Crippen molar-refractivity contribution in [2.24, 2.45) is 5.92 Å². The molecule has 0 radical (unpaired) electrons. The van der Waals surface area contributed by atoms with E-state index < -0.39 is 15.9 Å². The molecule has 0 spiro atoms. The van der Waals surface area contributed by atoms with E-state index in [9.17, 15) is 13.5 Å². The van der Waals surface area contributed by atoms with Crippen molar-refractivity contribution >= 4 is 9.84 Å². The first kappa shape index (κ1) is 13.6. The van der Waals surface area contributed by atoms with Crippen molar-refractivity contribution in [1.82, 2.24) is 0 Å². The van der Waals surface area contributed by atoms with E-state index in [1.807, 2.05) is 18.2 Å². The molecule has 1 aromatic carbocycles. The lowest BCUT2D eigenvalue weighted by atomic mass is 9.96. The molecular weight excluding hydrogens is 248 g/mol. The third-order valence-electron chi connectivity index (χ3n) is 3.62. The van der Waals surface area contributed by atoms with E-state index in [-0.39, 0.29) is 17.4 Å². The summed E-state index contributed by atoms with van der Waals surface area (Å²) in [5.41, 5.74) is 1.27. The fourth-order valence-electron chi connectivity index (χ4n) is 2.52. The maximum absolute atomic E-state index is 11.3. The van der Waals surface area contributed by atoms with Gasteiger partial charge in [-0.2, -0.15) is 0 Å². The average Bonchev–Trinajstić information content (AvgIpc) is 2.71. The molecule has 0 aromatic heterocycles. The molecule has 1 N–H and O–H groups in total. The van der Waals surface area contributed by atoms with Crippen molar-refractivity contribution in [3.05, 3.63) is 35.9 Å². The Bertz CT molecular complexity index is 467. The lowest BCUT2D eigenvalue weighted by Gasteiger charge is -2.16. The molecule has 1 saturated heterocycles. The third-order valence-corrected chi connectivity index (χ3v) is 5.41. The maximum Gasteiger partial charge on any atom is 0.150 e. The molecule has 100 valence electrons. The van der Waals surface area contributed by atoms with Crippen LogP contribution in [0.2, 0.25) is 0 Å². The number of aryl methyl sites for hydroxylation is 1. The zero-order valence-corrected chi connectivity index (χ0v) is 11.3. The zero-order valence-electron chi connectivity index (χ0n) is 10.5. The highest BCUT2D eigenvalue weighted by atomic mass is 32.2. The number of benzene rings is 1. The Labute approximate surface area is 109 Å². The second kappa shape index (κ2) is 5.85. The van der Waals surface area contributed by atoms with Crippen molar-refractivity contribution in [2.75, 3.05) is 11.5 Å². The van der Waals surface area contributed by atoms with Gasteiger partial charge in [-0.3, -0.25) is 0 Å². The summed E-state index contributed by atoms with van der Waals surface area (Å²) in [4.78, 5) is 0. The Balaban J connectivity index is 1.74. The molecule has 4 heteroatoms. The van der Waals surface area contributed by atoms with Crippen LogP contribution in [0, 0.1) is 5.92 Å². The SMILES string of the molecule is O=S1(=O)CCC(C(O)CCCc2ccccc2)C1. The van der Waals surface area contributed by atoms with E-state index in [0.717, 1.165) is 12.8 Å². The van der Waals surface area contributed by atoms with Crippen molar-refractivity contribution < 1.29 is 13.5 Å². The van der Waals surface area contributed by atoms with Gasteiger partial charge in [0.15, 0.2) is 9.84 Å². The Morgan fingerprint density at radius 1 is 1.28 bits per heavy atom. The normalized spacial score (nSPS) is 23.9. The summed E-state index contributed by atoms with van der Waals surface area (Å²) in [6.07, 6.45) is 2.69. The first-order chi connectivity index (χ1) is 8.57. The van der Waals surface area contributed by atoms with Crippen LogP contribution in [-0.4, -0.2) is 31.1 Å². The summed E-state index contributed by atoms with van der Waals surface area (Å²) in [5, 5.41) is 9.99. The standard InChI is InChI=1S/C14H20O3S/c15-14(13-9-10-18(16,17)11-13)8-4-7-12-5-2-1-3-6-12/h1-3,5-6,13-15H,4,7-11H2. The average molecular weight is 268 g/mol. The highest BCUT2D eigenvalue weighted by Gasteiger charge is 2.32. The van der Waals surface area contributed by atoms with Crippen LogP contribution in [0.4, 0.5) is 0 Å². The van der Waals surface area contributed by atoms with Crippen LogP contribution in [0.5, 0.6) is 0 Å². The van der Waals surface area contributed by atoms with Gasteiger partial charge in [-0.15, -0.1) is 0 Å². The van der Waals surface area contributed by atoms with Gasteiger partial charge < -0.3 is 5.11 Å². The molecule has 1 aliphatic heterocycles. The van der Waals surface area contributed by atoms with Crippen molar-refractivity contribution in [3.63, 3.8) is 0 Å². The summed E-state index contributed by atoms with van der Waals surface area (Å²) in [7, 11) is -2.88. The van der Waals surface area contributed by atoms with E-state index >= 15 is 0 Å². The van der Waals surface area contributed by atoms with E-state index in [4.69, 9.17) is 0 Å². The molecule has 0 saturated carbocycles. The maximum atomic E-state index is 11.3. The Kier molecular flexibility index (Phi) is 4.40. The van der Waals surface area contributed by atoms with Gasteiger partial charge in [0, 0.05) is 0 Å². The second-order valence-corrected chi connectivity index (χ2v) is 7.34. The number of hydrogen-bond donors (Lipinski definition) is 1. The number of sulfone groups is 1. The quantitative estimate of drug-likeness (QED) is 0.886. The summed E-state index contributed by atoms with van der Waals surface area (Å²) in [6, 6.07) is 10.2. The summed E-state index contributed by atoms with van der Waals surface area (Å²) >= 11 is 0. The van der Waals surface area contributed by atoms with Crippen LogP contribution in [-0.2, 0) is 16.3 Å². The van der Waals surface area contributed by atoms with Crippen LogP contribution in [0.3, 0.4) is 0 Å². The molecular formula is C14H20O3S. The molecule has 2 rings (SSSR count). The van der Waals surface area contributed by atoms with E-state index in [1.165, 1.54) is 5.56 Å². The van der Waals surface area contributed by atoms with Gasteiger partial charge in [0.1, 0.15) is 0 Å². The zero-order chi connectivity index (χ0) is 13.0. The molecule has 0 amide bonds. The van der Waals surface area contributed by atoms with Crippen molar-refractivity contribution in [3.8, 4) is 0 Å². The summed E-state index contributed by atoms with van der Waals surface area (Å²) in [6.45, 7) is 0. The van der Waals surface area contributed by atoms with E-state index in [0.29, 0.717) is 12.8 Å². The fraction of sp³-hybridized carbons (Fsp3) is 0.571. The molecule has 0 aliphatic carbocycles. The minimum absolute atomic E-state index is 0.0502. The molecule has 18 heavy (non-hydrogen) atoms. The molecule has 2 atom stereocenters. The van der Waals surface area contributed by atoms with Crippen molar-refractivity contribution in [2.45, 2.75) is 31.8 Å². The molecule has 1 heterocycles. The van der Waals surface area contributed by atoms with Crippen LogP contribution in [0.1, 0.15) is 24.8 Å². The number of aliphatic hydroxyl groups is 1. The number of aliphatic hydroxyl groups excluding tert-OH is 1. The highest BCUT2D eigenvalue weighted by Crippen LogP contribution is 2.24. The van der Waals surface area contributed by atoms with Gasteiger partial charge in [-0.1, -0.05) is 30.3 Å². The Morgan fingerprint density at radius 3 is 2.61 bits per heavy atom. The van der Waals surface area contributed by atoms with Crippen LogP contribution >= 0.6 is 0 Å².